The molecule has 0 fully saturated rings. The predicted octanol–water partition coefficient (Wildman–Crippen LogP) is 0.807. The fraction of sp³-hybridized carbons (Fsp3) is 1.00. The van der Waals surface area contributed by atoms with Gasteiger partial charge in [-0.05, 0) is 18.8 Å². The van der Waals surface area contributed by atoms with Gasteiger partial charge in [0, 0.05) is 7.11 Å². The number of ether oxygens (including phenoxy) is 2. The van der Waals surface area contributed by atoms with E-state index < -0.39 is 6.10 Å². The van der Waals surface area contributed by atoms with Crippen molar-refractivity contribution < 1.29 is 19.7 Å². The van der Waals surface area contributed by atoms with Crippen molar-refractivity contribution >= 4 is 0 Å². The lowest BCUT2D eigenvalue weighted by Crippen LogP contribution is -2.25. The van der Waals surface area contributed by atoms with Crippen LogP contribution in [0.5, 0.6) is 0 Å². The van der Waals surface area contributed by atoms with E-state index in [1.807, 2.05) is 13.8 Å². The zero-order valence-electron chi connectivity index (χ0n) is 9.98. The first-order chi connectivity index (χ1) is 7.11. The van der Waals surface area contributed by atoms with E-state index in [9.17, 15) is 10.2 Å². The summed E-state index contributed by atoms with van der Waals surface area (Å²) >= 11 is 0. The van der Waals surface area contributed by atoms with Gasteiger partial charge in [-0.1, -0.05) is 13.8 Å². The van der Waals surface area contributed by atoms with E-state index in [4.69, 9.17) is 9.47 Å². The lowest BCUT2D eigenvalue weighted by molar-refractivity contribution is -0.00634. The molecular weight excluding hydrogens is 196 g/mol. The maximum Gasteiger partial charge on any atom is 0.0777 e. The zero-order valence-corrected chi connectivity index (χ0v) is 9.98. The molecule has 0 aromatic rings. The second-order valence-electron chi connectivity index (χ2n) is 3.91. The number of rotatable bonds is 9. The molecule has 3 atom stereocenters. The van der Waals surface area contributed by atoms with E-state index in [-0.39, 0.29) is 12.0 Å². The smallest absolute Gasteiger partial charge is 0.0777 e. The molecule has 0 aliphatic carbocycles. The summed E-state index contributed by atoms with van der Waals surface area (Å²) in [7, 11) is 1.61. The third-order valence-corrected chi connectivity index (χ3v) is 2.46. The third kappa shape index (κ3) is 7.73. The van der Waals surface area contributed by atoms with Gasteiger partial charge < -0.3 is 19.7 Å². The van der Waals surface area contributed by atoms with Crippen LogP contribution in [-0.4, -0.2) is 49.4 Å². The maximum absolute atomic E-state index is 9.59. The van der Waals surface area contributed by atoms with Crippen molar-refractivity contribution in [1.82, 2.24) is 0 Å². The summed E-state index contributed by atoms with van der Waals surface area (Å²) in [5.74, 6) is 0.107. The molecule has 0 heterocycles. The van der Waals surface area contributed by atoms with E-state index in [0.29, 0.717) is 26.2 Å². The molecule has 0 aliphatic rings. The summed E-state index contributed by atoms with van der Waals surface area (Å²) in [6.07, 6.45) is 0.456. The average molecular weight is 220 g/mol. The highest BCUT2D eigenvalue weighted by Gasteiger charge is 2.16. The van der Waals surface area contributed by atoms with E-state index in [1.165, 1.54) is 0 Å². The Morgan fingerprint density at radius 1 is 1.20 bits per heavy atom. The molecule has 0 rings (SSSR count). The van der Waals surface area contributed by atoms with Crippen molar-refractivity contribution in [3.8, 4) is 0 Å². The van der Waals surface area contributed by atoms with Gasteiger partial charge in [-0.2, -0.15) is 0 Å². The average Bonchev–Trinajstić information content (AvgIpc) is 2.23. The van der Waals surface area contributed by atoms with Crippen molar-refractivity contribution in [2.24, 2.45) is 5.92 Å². The van der Waals surface area contributed by atoms with Crippen molar-refractivity contribution in [3.05, 3.63) is 0 Å². The number of hydrogen-bond acceptors (Lipinski definition) is 4. The van der Waals surface area contributed by atoms with Crippen molar-refractivity contribution in [1.29, 1.82) is 0 Å². The lowest BCUT2D eigenvalue weighted by Gasteiger charge is -2.20. The fourth-order valence-corrected chi connectivity index (χ4v) is 1.42. The largest absolute Gasteiger partial charge is 0.393 e. The van der Waals surface area contributed by atoms with Crippen LogP contribution in [0.3, 0.4) is 0 Å². The minimum Gasteiger partial charge on any atom is -0.393 e. The Hall–Kier alpha value is -0.160. The van der Waals surface area contributed by atoms with Crippen LogP contribution in [0.4, 0.5) is 0 Å². The number of hydrogen-bond donors (Lipinski definition) is 2. The molecule has 0 saturated carbocycles. The Labute approximate surface area is 92.2 Å². The Kier molecular flexibility index (Phi) is 9.00. The minimum atomic E-state index is -0.502. The van der Waals surface area contributed by atoms with Gasteiger partial charge in [0.1, 0.15) is 0 Å². The molecule has 0 aliphatic heterocycles. The summed E-state index contributed by atoms with van der Waals surface area (Å²) < 4.78 is 10.0. The minimum absolute atomic E-state index is 0.107. The van der Waals surface area contributed by atoms with Crippen LogP contribution in [0.1, 0.15) is 26.7 Å². The molecule has 0 radical (unpaired) electrons. The van der Waals surface area contributed by atoms with E-state index >= 15 is 0 Å². The summed E-state index contributed by atoms with van der Waals surface area (Å²) in [5.41, 5.74) is 0. The molecule has 15 heavy (non-hydrogen) atoms. The second kappa shape index (κ2) is 9.09. The second-order valence-corrected chi connectivity index (χ2v) is 3.91. The van der Waals surface area contributed by atoms with Crippen LogP contribution in [0.25, 0.3) is 0 Å². The van der Waals surface area contributed by atoms with E-state index in [0.717, 1.165) is 6.42 Å². The molecule has 0 amide bonds. The Bertz CT molecular complexity index is 141. The first kappa shape index (κ1) is 14.8. The molecular formula is C11H24O4. The standard InChI is InChI=1S/C11H24O4/c1-4-11(13)9(2)7-10(12)8-15-6-5-14-3/h9-13H,4-8H2,1-3H3. The predicted molar refractivity (Wildman–Crippen MR) is 58.8 cm³/mol. The SMILES string of the molecule is CCC(O)C(C)CC(O)COCCOC. The number of methoxy groups -OCH3 is 1. The Morgan fingerprint density at radius 2 is 1.87 bits per heavy atom. The van der Waals surface area contributed by atoms with Gasteiger partial charge in [-0.15, -0.1) is 0 Å². The van der Waals surface area contributed by atoms with Gasteiger partial charge in [0.15, 0.2) is 0 Å². The van der Waals surface area contributed by atoms with Crippen LogP contribution < -0.4 is 0 Å². The molecule has 0 saturated heterocycles. The molecule has 0 aromatic carbocycles. The molecule has 3 unspecified atom stereocenters. The number of aliphatic hydroxyl groups excluding tert-OH is 2. The van der Waals surface area contributed by atoms with Crippen molar-refractivity contribution in [2.45, 2.75) is 38.9 Å². The van der Waals surface area contributed by atoms with Crippen LogP contribution in [0, 0.1) is 5.92 Å². The van der Waals surface area contributed by atoms with Gasteiger partial charge in [0.2, 0.25) is 0 Å². The van der Waals surface area contributed by atoms with E-state index in [2.05, 4.69) is 0 Å². The fourth-order valence-electron chi connectivity index (χ4n) is 1.42. The van der Waals surface area contributed by atoms with Gasteiger partial charge >= 0.3 is 0 Å². The van der Waals surface area contributed by atoms with Gasteiger partial charge in [-0.25, -0.2) is 0 Å². The molecule has 0 spiro atoms. The first-order valence-corrected chi connectivity index (χ1v) is 5.54. The normalized spacial score (nSPS) is 17.4. The van der Waals surface area contributed by atoms with Crippen molar-refractivity contribution in [3.63, 3.8) is 0 Å². The third-order valence-electron chi connectivity index (χ3n) is 2.46. The maximum atomic E-state index is 9.59. The van der Waals surface area contributed by atoms with Crippen LogP contribution in [-0.2, 0) is 9.47 Å². The quantitative estimate of drug-likeness (QED) is 0.564. The molecule has 4 heteroatoms. The summed E-state index contributed by atoms with van der Waals surface area (Å²) in [5, 5.41) is 19.1. The molecule has 0 bridgehead atoms. The molecule has 4 nitrogen and oxygen atoms in total. The van der Waals surface area contributed by atoms with E-state index in [1.54, 1.807) is 7.11 Å². The van der Waals surface area contributed by atoms with Crippen LogP contribution >= 0.6 is 0 Å². The Morgan fingerprint density at radius 3 is 2.40 bits per heavy atom. The van der Waals surface area contributed by atoms with Crippen LogP contribution in [0.15, 0.2) is 0 Å². The Balaban J connectivity index is 3.50. The lowest BCUT2D eigenvalue weighted by atomic mass is 9.96. The highest BCUT2D eigenvalue weighted by molar-refractivity contribution is 4.67. The summed E-state index contributed by atoms with van der Waals surface area (Å²) in [6, 6.07) is 0. The molecule has 2 N–H and O–H groups in total. The monoisotopic (exact) mass is 220 g/mol. The van der Waals surface area contributed by atoms with Gasteiger partial charge in [0.05, 0.1) is 32.0 Å². The summed E-state index contributed by atoms with van der Waals surface area (Å²) in [6.45, 7) is 5.22. The number of aliphatic hydroxyl groups is 2. The molecule has 0 aromatic heterocycles. The first-order valence-electron chi connectivity index (χ1n) is 5.54. The zero-order chi connectivity index (χ0) is 11.7. The topological polar surface area (TPSA) is 58.9 Å². The molecule has 92 valence electrons. The van der Waals surface area contributed by atoms with Crippen LogP contribution in [0.2, 0.25) is 0 Å². The van der Waals surface area contributed by atoms with Gasteiger partial charge in [-0.3, -0.25) is 0 Å². The summed E-state index contributed by atoms with van der Waals surface area (Å²) in [4.78, 5) is 0. The highest BCUT2D eigenvalue weighted by atomic mass is 16.5. The van der Waals surface area contributed by atoms with Gasteiger partial charge in [0.25, 0.3) is 0 Å². The highest BCUT2D eigenvalue weighted by Crippen LogP contribution is 2.13. The van der Waals surface area contributed by atoms with Crippen molar-refractivity contribution in [2.75, 3.05) is 26.9 Å².